The fraction of sp³-hybridized carbons (Fsp3) is 0.267. The van der Waals surface area contributed by atoms with Gasteiger partial charge in [-0.3, -0.25) is 10.1 Å². The lowest BCUT2D eigenvalue weighted by molar-refractivity contribution is -0.384. The van der Waals surface area contributed by atoms with Gasteiger partial charge >= 0.3 is 0 Å². The fourth-order valence-electron chi connectivity index (χ4n) is 1.90. The number of benzene rings is 1. The molecule has 21 heavy (non-hydrogen) atoms. The van der Waals surface area contributed by atoms with Crippen LogP contribution in [0.1, 0.15) is 25.5 Å². The number of nitrogens with zero attached hydrogens (tertiary/aromatic N) is 2. The van der Waals surface area contributed by atoms with Gasteiger partial charge in [-0.15, -0.1) is 0 Å². The zero-order valence-electron chi connectivity index (χ0n) is 11.9. The molecule has 0 aliphatic rings. The predicted molar refractivity (Wildman–Crippen MR) is 80.5 cm³/mol. The molecule has 0 bridgehead atoms. The van der Waals surface area contributed by atoms with Gasteiger partial charge in [-0.05, 0) is 19.4 Å². The second-order valence-corrected chi connectivity index (χ2v) is 4.51. The Morgan fingerprint density at radius 2 is 2.05 bits per heavy atom. The molecule has 1 aromatic carbocycles. The Balaban J connectivity index is 2.24. The van der Waals surface area contributed by atoms with Crippen molar-refractivity contribution in [3.05, 3.63) is 58.1 Å². The predicted octanol–water partition coefficient (Wildman–Crippen LogP) is 3.56. The van der Waals surface area contributed by atoms with E-state index < -0.39 is 4.92 Å². The number of rotatable bonds is 6. The van der Waals surface area contributed by atoms with E-state index in [-0.39, 0.29) is 17.7 Å². The zero-order chi connectivity index (χ0) is 15.2. The minimum atomic E-state index is -0.456. The molecule has 1 aromatic heterocycles. The molecular formula is C15H17N3O3. The Hall–Kier alpha value is -2.63. The summed E-state index contributed by atoms with van der Waals surface area (Å²) in [5.74, 6) is 0.665. The number of nitrogens with one attached hydrogen (secondary N) is 1. The Morgan fingerprint density at radius 1 is 1.33 bits per heavy atom. The third-order valence-electron chi connectivity index (χ3n) is 2.92. The lowest BCUT2D eigenvalue weighted by atomic mass is 10.1. The second kappa shape index (κ2) is 6.69. The van der Waals surface area contributed by atoms with Gasteiger partial charge in [0, 0.05) is 6.54 Å². The van der Waals surface area contributed by atoms with Crippen LogP contribution in [0.15, 0.2) is 42.5 Å². The largest absolute Gasteiger partial charge is 0.470 e. The van der Waals surface area contributed by atoms with Crippen molar-refractivity contribution < 1.29 is 9.66 Å². The summed E-state index contributed by atoms with van der Waals surface area (Å²) in [6.45, 7) is 4.40. The molecule has 110 valence electrons. The van der Waals surface area contributed by atoms with Gasteiger partial charge in [0.15, 0.2) is 0 Å². The van der Waals surface area contributed by atoms with Gasteiger partial charge in [-0.2, -0.15) is 4.98 Å². The molecule has 1 heterocycles. The van der Waals surface area contributed by atoms with Crippen LogP contribution >= 0.6 is 0 Å². The Bertz CT molecular complexity index is 617. The molecule has 1 atom stereocenters. The topological polar surface area (TPSA) is 77.3 Å². The minimum absolute atomic E-state index is 0.0452. The van der Waals surface area contributed by atoms with E-state index in [9.17, 15) is 10.1 Å². The van der Waals surface area contributed by atoms with Crippen LogP contribution in [-0.4, -0.2) is 16.5 Å². The molecule has 0 amide bonds. The van der Waals surface area contributed by atoms with Crippen LogP contribution in [-0.2, 0) is 0 Å². The van der Waals surface area contributed by atoms with E-state index in [2.05, 4.69) is 10.3 Å². The van der Waals surface area contributed by atoms with E-state index in [1.54, 1.807) is 0 Å². The van der Waals surface area contributed by atoms with Crippen molar-refractivity contribution in [1.29, 1.82) is 0 Å². The lowest BCUT2D eigenvalue weighted by Crippen LogP contribution is -2.07. The summed E-state index contributed by atoms with van der Waals surface area (Å²) in [4.78, 5) is 14.7. The highest BCUT2D eigenvalue weighted by molar-refractivity contribution is 5.48. The first-order chi connectivity index (χ1) is 10.1. The normalized spacial score (nSPS) is 11.7. The molecule has 2 rings (SSSR count). The summed E-state index contributed by atoms with van der Waals surface area (Å²) in [6, 6.07) is 12.4. The van der Waals surface area contributed by atoms with Crippen LogP contribution < -0.4 is 10.1 Å². The number of ether oxygens (including phenoxy) is 1. The molecule has 6 heteroatoms. The quantitative estimate of drug-likeness (QED) is 0.649. The van der Waals surface area contributed by atoms with Crippen LogP contribution in [0.25, 0.3) is 0 Å². The van der Waals surface area contributed by atoms with Crippen LogP contribution in [0.5, 0.6) is 5.88 Å². The van der Waals surface area contributed by atoms with E-state index in [1.165, 1.54) is 12.1 Å². The third-order valence-corrected chi connectivity index (χ3v) is 2.92. The maximum atomic E-state index is 11.0. The molecule has 0 radical (unpaired) electrons. The summed E-state index contributed by atoms with van der Waals surface area (Å²) in [6.07, 6.45) is -0.241. The van der Waals surface area contributed by atoms with Crippen LogP contribution in [0.2, 0.25) is 0 Å². The smallest absolute Gasteiger partial charge is 0.278 e. The van der Waals surface area contributed by atoms with Gasteiger partial charge in [-0.25, -0.2) is 0 Å². The Labute approximate surface area is 122 Å². The fourth-order valence-corrected chi connectivity index (χ4v) is 1.90. The first kappa shape index (κ1) is 14.8. The van der Waals surface area contributed by atoms with Crippen molar-refractivity contribution in [3.8, 4) is 5.88 Å². The molecule has 0 saturated heterocycles. The first-order valence-corrected chi connectivity index (χ1v) is 6.72. The summed E-state index contributed by atoms with van der Waals surface area (Å²) in [7, 11) is 0. The van der Waals surface area contributed by atoms with Gasteiger partial charge < -0.3 is 10.1 Å². The zero-order valence-corrected chi connectivity index (χ0v) is 11.9. The summed E-state index contributed by atoms with van der Waals surface area (Å²) < 4.78 is 5.72. The van der Waals surface area contributed by atoms with Crippen molar-refractivity contribution in [2.75, 3.05) is 11.9 Å². The molecule has 1 unspecified atom stereocenters. The number of anilines is 1. The van der Waals surface area contributed by atoms with Crippen molar-refractivity contribution in [2.24, 2.45) is 0 Å². The summed E-state index contributed by atoms with van der Waals surface area (Å²) in [5, 5.41) is 13.9. The molecule has 2 aromatic rings. The highest BCUT2D eigenvalue weighted by Gasteiger charge is 2.14. The van der Waals surface area contributed by atoms with Crippen molar-refractivity contribution >= 4 is 11.5 Å². The second-order valence-electron chi connectivity index (χ2n) is 4.51. The molecule has 1 N–H and O–H groups in total. The Kier molecular flexibility index (Phi) is 4.71. The number of hydrogen-bond donors (Lipinski definition) is 1. The van der Waals surface area contributed by atoms with E-state index in [0.29, 0.717) is 12.4 Å². The molecule has 0 fully saturated rings. The highest BCUT2D eigenvalue weighted by Crippen LogP contribution is 2.26. The standard InChI is InChI=1S/C15H17N3O3/c1-3-16-14-9-13(18(19)20)10-15(17-14)21-11(2)12-7-5-4-6-8-12/h4-11H,3H2,1-2H3,(H,16,17). The Morgan fingerprint density at radius 3 is 2.67 bits per heavy atom. The summed E-state index contributed by atoms with van der Waals surface area (Å²) in [5.41, 5.74) is 0.937. The third kappa shape index (κ3) is 3.92. The van der Waals surface area contributed by atoms with Crippen molar-refractivity contribution in [3.63, 3.8) is 0 Å². The molecule has 0 saturated carbocycles. The molecule has 0 spiro atoms. The maximum Gasteiger partial charge on any atom is 0.278 e. The van der Waals surface area contributed by atoms with Crippen LogP contribution in [0.4, 0.5) is 11.5 Å². The van der Waals surface area contributed by atoms with E-state index in [1.807, 2.05) is 44.2 Å². The van der Waals surface area contributed by atoms with Crippen molar-refractivity contribution in [2.45, 2.75) is 20.0 Å². The first-order valence-electron chi connectivity index (χ1n) is 6.72. The molecule has 0 aliphatic heterocycles. The summed E-state index contributed by atoms with van der Waals surface area (Å²) >= 11 is 0. The minimum Gasteiger partial charge on any atom is -0.470 e. The van der Waals surface area contributed by atoms with Gasteiger partial charge in [-0.1, -0.05) is 30.3 Å². The van der Waals surface area contributed by atoms with E-state index in [0.717, 1.165) is 5.56 Å². The molecular weight excluding hydrogens is 270 g/mol. The SMILES string of the molecule is CCNc1cc([N+](=O)[O-])cc(OC(C)c2ccccc2)n1. The van der Waals surface area contributed by atoms with Crippen molar-refractivity contribution in [1.82, 2.24) is 4.98 Å². The highest BCUT2D eigenvalue weighted by atomic mass is 16.6. The molecule has 0 aliphatic carbocycles. The van der Waals surface area contributed by atoms with Gasteiger partial charge in [0.1, 0.15) is 11.9 Å². The number of pyridine rings is 1. The number of nitro groups is 1. The van der Waals surface area contributed by atoms with E-state index in [4.69, 9.17) is 4.74 Å². The number of aromatic nitrogens is 1. The van der Waals surface area contributed by atoms with Gasteiger partial charge in [0.25, 0.3) is 5.69 Å². The monoisotopic (exact) mass is 287 g/mol. The van der Waals surface area contributed by atoms with Crippen LogP contribution in [0.3, 0.4) is 0 Å². The number of hydrogen-bond acceptors (Lipinski definition) is 5. The lowest BCUT2D eigenvalue weighted by Gasteiger charge is -2.15. The maximum absolute atomic E-state index is 11.0. The average molecular weight is 287 g/mol. The van der Waals surface area contributed by atoms with Gasteiger partial charge in [0.2, 0.25) is 5.88 Å². The van der Waals surface area contributed by atoms with E-state index >= 15 is 0 Å². The molecule has 6 nitrogen and oxygen atoms in total. The van der Waals surface area contributed by atoms with Crippen LogP contribution in [0, 0.1) is 10.1 Å². The van der Waals surface area contributed by atoms with Gasteiger partial charge in [0.05, 0.1) is 17.1 Å². The average Bonchev–Trinajstić information content (AvgIpc) is 2.48.